The van der Waals surface area contributed by atoms with E-state index in [1.165, 1.54) is 5.56 Å². The zero-order chi connectivity index (χ0) is 30.2. The third-order valence-electron chi connectivity index (χ3n) is 7.09. The van der Waals surface area contributed by atoms with E-state index in [1.807, 2.05) is 4.90 Å². The van der Waals surface area contributed by atoms with E-state index < -0.39 is 23.6 Å². The van der Waals surface area contributed by atoms with Crippen LogP contribution in [0.2, 0.25) is 0 Å². The minimum absolute atomic E-state index is 0.0252. The molecule has 8 nitrogen and oxygen atoms in total. The van der Waals surface area contributed by atoms with Crippen LogP contribution in [-0.4, -0.2) is 49.2 Å². The molecule has 224 valence electrons. The number of amidine groups is 1. The lowest BCUT2D eigenvalue weighted by Crippen LogP contribution is -2.52. The molecule has 0 N–H and O–H groups in total. The fourth-order valence-corrected chi connectivity index (χ4v) is 4.76. The normalized spacial score (nSPS) is 15.8. The summed E-state index contributed by atoms with van der Waals surface area (Å²) in [5.74, 6) is -2.72. The van der Waals surface area contributed by atoms with Crippen molar-refractivity contribution in [3.63, 3.8) is 0 Å². The van der Waals surface area contributed by atoms with E-state index in [-0.39, 0.29) is 11.3 Å². The molecule has 1 heterocycles. The van der Waals surface area contributed by atoms with Gasteiger partial charge >= 0.3 is 11.9 Å². The number of aliphatic imine (C=N–C) groups is 1. The van der Waals surface area contributed by atoms with E-state index in [0.717, 1.165) is 37.7 Å². The number of carbonyl (C=O) groups is 2. The van der Waals surface area contributed by atoms with Gasteiger partial charge in [-0.05, 0) is 35.1 Å². The summed E-state index contributed by atoms with van der Waals surface area (Å²) in [6.45, 7) is 12.9. The number of cyclic esters (lactones) is 2. The molecule has 8 heteroatoms. The maximum absolute atomic E-state index is 13.4. The number of rotatable bonds is 12. The highest BCUT2D eigenvalue weighted by Crippen LogP contribution is 2.34. The van der Waals surface area contributed by atoms with Crippen LogP contribution in [0.25, 0.3) is 0 Å². The summed E-state index contributed by atoms with van der Waals surface area (Å²) in [5, 5.41) is 0. The summed E-state index contributed by atoms with van der Waals surface area (Å²) in [6, 6.07) is 13.7. The van der Waals surface area contributed by atoms with Crippen LogP contribution in [0.1, 0.15) is 84.8 Å². The van der Waals surface area contributed by atoms with Crippen molar-refractivity contribution in [2.24, 2.45) is 10.9 Å². The molecule has 0 bridgehead atoms. The van der Waals surface area contributed by atoms with E-state index in [1.54, 1.807) is 46.3 Å². The lowest BCUT2D eigenvalue weighted by atomic mass is 9.86. The van der Waals surface area contributed by atoms with Gasteiger partial charge in [-0.15, -0.1) is 0 Å². The minimum Gasteiger partial charge on any atom is -0.497 e. The number of nitrogens with zero attached hydrogens (tertiary/aromatic N) is 2. The van der Waals surface area contributed by atoms with E-state index >= 15 is 0 Å². The van der Waals surface area contributed by atoms with E-state index in [0.29, 0.717) is 30.3 Å². The van der Waals surface area contributed by atoms with Gasteiger partial charge in [-0.1, -0.05) is 77.6 Å². The van der Waals surface area contributed by atoms with E-state index in [2.05, 4.69) is 52.0 Å². The summed E-state index contributed by atoms with van der Waals surface area (Å²) < 4.78 is 22.0. The standard InChI is InChI=1S/C33H46N2O6/c1-9-10-11-12-13-20-35(22-23-14-16-24(17-15-23)32(2,3)4)29(28-30(36)40-33(5,6)41-31(28)37)34-26-19-18-25(38-7)21-27(26)39-8/h14-19,21,28H,9-13,20,22H2,1-8H3. The Morgan fingerprint density at radius 2 is 1.56 bits per heavy atom. The molecule has 0 unspecified atom stereocenters. The SMILES string of the molecule is CCCCCCCN(Cc1ccc(C(C)(C)C)cc1)C(=Nc1ccc(OC)cc1OC)C1C(=O)OC(C)(C)OC1=O. The molecule has 0 radical (unpaired) electrons. The molecule has 2 aromatic rings. The Morgan fingerprint density at radius 1 is 0.927 bits per heavy atom. The zero-order valence-electron chi connectivity index (χ0n) is 25.9. The molecule has 0 aliphatic carbocycles. The smallest absolute Gasteiger partial charge is 0.331 e. The van der Waals surface area contributed by atoms with Gasteiger partial charge in [0.1, 0.15) is 23.0 Å². The Morgan fingerprint density at radius 3 is 2.12 bits per heavy atom. The second-order valence-corrected chi connectivity index (χ2v) is 12.0. The topological polar surface area (TPSA) is 86.7 Å². The van der Waals surface area contributed by atoms with Crippen LogP contribution in [0.5, 0.6) is 11.5 Å². The number of methoxy groups -OCH3 is 2. The molecule has 0 aromatic heterocycles. The molecule has 0 atom stereocenters. The first kappa shape index (κ1) is 32.0. The van der Waals surface area contributed by atoms with Crippen molar-refractivity contribution in [3.05, 3.63) is 53.6 Å². The van der Waals surface area contributed by atoms with Gasteiger partial charge in [0, 0.05) is 33.0 Å². The highest BCUT2D eigenvalue weighted by Gasteiger charge is 2.47. The molecule has 1 fully saturated rings. The lowest BCUT2D eigenvalue weighted by Gasteiger charge is -2.36. The van der Waals surface area contributed by atoms with Crippen molar-refractivity contribution < 1.29 is 28.5 Å². The number of unbranched alkanes of at least 4 members (excludes halogenated alkanes) is 4. The Labute approximate surface area is 245 Å². The Kier molecular flexibility index (Phi) is 10.8. The van der Waals surface area contributed by atoms with Crippen molar-refractivity contribution in [3.8, 4) is 11.5 Å². The summed E-state index contributed by atoms with van der Waals surface area (Å²) in [5.41, 5.74) is 2.76. The second-order valence-electron chi connectivity index (χ2n) is 12.0. The predicted molar refractivity (Wildman–Crippen MR) is 161 cm³/mol. The van der Waals surface area contributed by atoms with Gasteiger partial charge in [0.2, 0.25) is 5.92 Å². The van der Waals surface area contributed by atoms with Crippen molar-refractivity contribution >= 4 is 23.5 Å². The summed E-state index contributed by atoms with van der Waals surface area (Å²) in [7, 11) is 3.12. The monoisotopic (exact) mass is 566 g/mol. The van der Waals surface area contributed by atoms with Crippen molar-refractivity contribution in [2.75, 3.05) is 20.8 Å². The van der Waals surface area contributed by atoms with Gasteiger partial charge in [0.25, 0.3) is 5.79 Å². The first-order valence-electron chi connectivity index (χ1n) is 14.5. The molecule has 0 amide bonds. The van der Waals surface area contributed by atoms with E-state index in [9.17, 15) is 9.59 Å². The molecule has 1 aliphatic rings. The van der Waals surface area contributed by atoms with Crippen LogP contribution in [0.4, 0.5) is 5.69 Å². The number of hydrogen-bond donors (Lipinski definition) is 0. The Balaban J connectivity index is 2.09. The van der Waals surface area contributed by atoms with Crippen LogP contribution < -0.4 is 9.47 Å². The van der Waals surface area contributed by atoms with Crippen LogP contribution in [0, 0.1) is 5.92 Å². The molecule has 1 saturated heterocycles. The lowest BCUT2D eigenvalue weighted by molar-refractivity contribution is -0.236. The molecule has 1 aliphatic heterocycles. The molecular formula is C33H46N2O6. The minimum atomic E-state index is -1.35. The third-order valence-corrected chi connectivity index (χ3v) is 7.09. The van der Waals surface area contributed by atoms with Gasteiger partial charge in [0.15, 0.2) is 0 Å². The molecular weight excluding hydrogens is 520 g/mol. The van der Waals surface area contributed by atoms with Crippen LogP contribution >= 0.6 is 0 Å². The predicted octanol–water partition coefficient (Wildman–Crippen LogP) is 6.96. The average molecular weight is 567 g/mol. The first-order valence-corrected chi connectivity index (χ1v) is 14.5. The summed E-state index contributed by atoms with van der Waals surface area (Å²) in [4.78, 5) is 33.6. The Bertz CT molecular complexity index is 1190. The van der Waals surface area contributed by atoms with Crippen LogP contribution in [0.3, 0.4) is 0 Å². The fourth-order valence-electron chi connectivity index (χ4n) is 4.76. The first-order chi connectivity index (χ1) is 19.4. The van der Waals surface area contributed by atoms with Crippen molar-refractivity contribution in [1.29, 1.82) is 0 Å². The van der Waals surface area contributed by atoms with E-state index in [4.69, 9.17) is 23.9 Å². The van der Waals surface area contributed by atoms with Gasteiger partial charge < -0.3 is 23.8 Å². The van der Waals surface area contributed by atoms with Crippen molar-refractivity contribution in [2.45, 2.75) is 91.4 Å². The average Bonchev–Trinajstić information content (AvgIpc) is 2.90. The number of esters is 2. The van der Waals surface area contributed by atoms with Gasteiger partial charge in [-0.3, -0.25) is 9.59 Å². The van der Waals surface area contributed by atoms with Gasteiger partial charge in [-0.25, -0.2) is 4.99 Å². The molecule has 2 aromatic carbocycles. The number of hydrogen-bond acceptors (Lipinski definition) is 7. The third kappa shape index (κ3) is 8.72. The molecule has 0 spiro atoms. The summed E-state index contributed by atoms with van der Waals surface area (Å²) in [6.07, 6.45) is 5.32. The van der Waals surface area contributed by atoms with Crippen molar-refractivity contribution in [1.82, 2.24) is 4.90 Å². The quantitative estimate of drug-likeness (QED) is 0.0903. The van der Waals surface area contributed by atoms with Crippen LogP contribution in [-0.2, 0) is 31.0 Å². The second kappa shape index (κ2) is 13.9. The number of benzene rings is 2. The largest absolute Gasteiger partial charge is 0.497 e. The van der Waals surface area contributed by atoms with Gasteiger partial charge in [0.05, 0.1) is 14.2 Å². The maximum atomic E-state index is 13.4. The molecule has 0 saturated carbocycles. The van der Waals surface area contributed by atoms with Gasteiger partial charge in [-0.2, -0.15) is 0 Å². The summed E-state index contributed by atoms with van der Waals surface area (Å²) >= 11 is 0. The highest BCUT2D eigenvalue weighted by atomic mass is 16.7. The molecule has 3 rings (SSSR count). The zero-order valence-corrected chi connectivity index (χ0v) is 25.9. The number of ether oxygens (including phenoxy) is 4. The fraction of sp³-hybridized carbons (Fsp3) is 0.545. The maximum Gasteiger partial charge on any atom is 0.331 e. The molecule has 41 heavy (non-hydrogen) atoms. The Hall–Kier alpha value is -3.55. The highest BCUT2D eigenvalue weighted by molar-refractivity contribution is 6.17. The van der Waals surface area contributed by atoms with Crippen LogP contribution in [0.15, 0.2) is 47.5 Å². The number of carbonyl (C=O) groups excluding carboxylic acids is 2.